The van der Waals surface area contributed by atoms with Crippen molar-refractivity contribution in [1.82, 2.24) is 15.2 Å². The fourth-order valence-corrected chi connectivity index (χ4v) is 3.74. The van der Waals surface area contributed by atoms with Gasteiger partial charge in [-0.1, -0.05) is 5.10 Å². The first kappa shape index (κ1) is 24.9. The zero-order valence-electron chi connectivity index (χ0n) is 19.4. The summed E-state index contributed by atoms with van der Waals surface area (Å²) in [6.07, 6.45) is -1.68. The van der Waals surface area contributed by atoms with Gasteiger partial charge in [-0.15, -0.1) is 5.10 Å². The summed E-state index contributed by atoms with van der Waals surface area (Å²) in [5, 5.41) is 12.6. The molecule has 1 amide bonds. The summed E-state index contributed by atoms with van der Waals surface area (Å²) in [5.74, 6) is -0.524. The van der Waals surface area contributed by atoms with Crippen LogP contribution in [0.1, 0.15) is 36.0 Å². The number of nitrogens with one attached hydrogen (secondary N) is 2. The Kier molecular flexibility index (Phi) is 6.82. The van der Waals surface area contributed by atoms with Gasteiger partial charge in [0.15, 0.2) is 0 Å². The van der Waals surface area contributed by atoms with Crippen LogP contribution in [0.2, 0.25) is 0 Å². The van der Waals surface area contributed by atoms with Gasteiger partial charge >= 0.3 is 30.0 Å². The van der Waals surface area contributed by atoms with Crippen molar-refractivity contribution in [3.05, 3.63) is 54.0 Å². The Bertz CT molecular complexity index is 1220. The fraction of sp³-hybridized carbons (Fsp3) is 0.348. The molecule has 1 fully saturated rings. The van der Waals surface area contributed by atoms with Crippen LogP contribution < -0.4 is 15.5 Å². The molecule has 0 unspecified atom stereocenters. The number of nitrogens with zero attached hydrogens (tertiary/aromatic N) is 4. The highest BCUT2D eigenvalue weighted by molar-refractivity contribution is 6.00. The molecule has 4 rings (SSSR count). The SMILES string of the molecule is COC(=O)C1(C)CCN(c2ccc(NC(=O)c3nnc(Nc4ccc(C(F)(F)F)cc4)o3)cn2)CC1. The van der Waals surface area contributed by atoms with E-state index >= 15 is 0 Å². The van der Waals surface area contributed by atoms with Gasteiger partial charge in [-0.3, -0.25) is 9.59 Å². The molecule has 0 saturated carbocycles. The number of hydrogen-bond donors (Lipinski definition) is 2. The largest absolute Gasteiger partial charge is 0.469 e. The number of rotatable bonds is 6. The Balaban J connectivity index is 1.32. The van der Waals surface area contributed by atoms with Crippen molar-refractivity contribution in [3.63, 3.8) is 0 Å². The van der Waals surface area contributed by atoms with Gasteiger partial charge in [0.25, 0.3) is 0 Å². The lowest BCUT2D eigenvalue weighted by Gasteiger charge is -2.37. The van der Waals surface area contributed by atoms with Crippen LogP contribution in [0.4, 0.5) is 36.4 Å². The van der Waals surface area contributed by atoms with Crippen molar-refractivity contribution in [1.29, 1.82) is 0 Å². The van der Waals surface area contributed by atoms with E-state index in [1.54, 1.807) is 12.1 Å². The summed E-state index contributed by atoms with van der Waals surface area (Å²) >= 11 is 0. The number of benzene rings is 1. The molecule has 3 heterocycles. The molecule has 2 N–H and O–H groups in total. The second kappa shape index (κ2) is 9.84. The van der Waals surface area contributed by atoms with E-state index in [1.807, 2.05) is 11.8 Å². The van der Waals surface area contributed by atoms with Crippen LogP contribution in [-0.2, 0) is 15.7 Å². The molecule has 1 aliphatic rings. The molecule has 1 aromatic carbocycles. The Morgan fingerprint density at radius 2 is 1.72 bits per heavy atom. The van der Waals surface area contributed by atoms with Gasteiger partial charge in [0.05, 0.1) is 30.0 Å². The molecule has 0 spiro atoms. The number of esters is 1. The van der Waals surface area contributed by atoms with Crippen molar-refractivity contribution in [3.8, 4) is 0 Å². The van der Waals surface area contributed by atoms with E-state index in [2.05, 4.69) is 25.8 Å². The fourth-order valence-electron chi connectivity index (χ4n) is 3.74. The molecule has 0 bridgehead atoms. The second-order valence-corrected chi connectivity index (χ2v) is 8.51. The predicted octanol–water partition coefficient (Wildman–Crippen LogP) is 4.26. The molecular formula is C23H23F3N6O4. The Labute approximate surface area is 203 Å². The third-order valence-electron chi connectivity index (χ3n) is 5.96. The number of halogens is 3. The van der Waals surface area contributed by atoms with Gasteiger partial charge in [-0.2, -0.15) is 13.2 Å². The summed E-state index contributed by atoms with van der Waals surface area (Å²) < 4.78 is 48.2. The number of hydrogen-bond acceptors (Lipinski definition) is 9. The van der Waals surface area contributed by atoms with E-state index in [9.17, 15) is 22.8 Å². The lowest BCUT2D eigenvalue weighted by Crippen LogP contribution is -2.43. The Hall–Kier alpha value is -4.16. The molecule has 3 aromatic rings. The van der Waals surface area contributed by atoms with Gasteiger partial charge in [0.2, 0.25) is 0 Å². The van der Waals surface area contributed by atoms with Crippen molar-refractivity contribution in [2.75, 3.05) is 35.7 Å². The van der Waals surface area contributed by atoms with Crippen LogP contribution >= 0.6 is 0 Å². The number of pyridine rings is 1. The van der Waals surface area contributed by atoms with E-state index in [1.165, 1.54) is 25.4 Å². The minimum absolute atomic E-state index is 0.155. The summed E-state index contributed by atoms with van der Waals surface area (Å²) in [4.78, 5) is 30.9. The van der Waals surface area contributed by atoms with Crippen LogP contribution in [-0.4, -0.2) is 47.3 Å². The highest BCUT2D eigenvalue weighted by Crippen LogP contribution is 2.34. The number of carbonyl (C=O) groups excluding carboxylic acids is 2. The van der Waals surface area contributed by atoms with E-state index in [0.29, 0.717) is 37.4 Å². The Morgan fingerprint density at radius 3 is 2.31 bits per heavy atom. The predicted molar refractivity (Wildman–Crippen MR) is 123 cm³/mol. The molecule has 1 saturated heterocycles. The number of aromatic nitrogens is 3. The monoisotopic (exact) mass is 504 g/mol. The standard InChI is InChI=1S/C23H23F3N6O4/c1-22(20(34)35-2)9-11-32(12-10-22)17-8-7-16(13-27-17)28-18(33)19-30-31-21(36-19)29-15-5-3-14(4-6-15)23(24,25)26/h3-8,13H,9-12H2,1-2H3,(H,28,33)(H,29,31). The quantitative estimate of drug-likeness (QED) is 0.474. The molecule has 190 valence electrons. The summed E-state index contributed by atoms with van der Waals surface area (Å²) in [6, 6.07) is 7.50. The van der Waals surface area contributed by atoms with Crippen LogP contribution in [0, 0.1) is 5.41 Å². The van der Waals surface area contributed by atoms with E-state index in [0.717, 1.165) is 12.1 Å². The van der Waals surface area contributed by atoms with E-state index in [4.69, 9.17) is 9.15 Å². The molecule has 0 aliphatic carbocycles. The first-order chi connectivity index (χ1) is 17.1. The zero-order valence-corrected chi connectivity index (χ0v) is 19.4. The first-order valence-corrected chi connectivity index (χ1v) is 11.0. The highest BCUT2D eigenvalue weighted by atomic mass is 19.4. The van der Waals surface area contributed by atoms with Crippen molar-refractivity contribution >= 4 is 35.1 Å². The lowest BCUT2D eigenvalue weighted by atomic mass is 9.80. The Morgan fingerprint density at radius 1 is 1.06 bits per heavy atom. The highest BCUT2D eigenvalue weighted by Gasteiger charge is 2.38. The lowest BCUT2D eigenvalue weighted by molar-refractivity contribution is -0.153. The van der Waals surface area contributed by atoms with Gasteiger partial charge in [0, 0.05) is 18.8 Å². The van der Waals surface area contributed by atoms with Gasteiger partial charge in [0.1, 0.15) is 5.82 Å². The average molecular weight is 504 g/mol. The van der Waals surface area contributed by atoms with E-state index in [-0.39, 0.29) is 23.6 Å². The smallest absolute Gasteiger partial charge is 0.416 e. The molecule has 13 heteroatoms. The van der Waals surface area contributed by atoms with Crippen molar-refractivity contribution < 1.29 is 31.9 Å². The second-order valence-electron chi connectivity index (χ2n) is 8.51. The van der Waals surface area contributed by atoms with E-state index < -0.39 is 23.1 Å². The topological polar surface area (TPSA) is 122 Å². The maximum absolute atomic E-state index is 12.7. The summed E-state index contributed by atoms with van der Waals surface area (Å²) in [6.45, 7) is 3.17. The molecular weight excluding hydrogens is 481 g/mol. The van der Waals surface area contributed by atoms with Crippen LogP contribution in [0.25, 0.3) is 0 Å². The maximum Gasteiger partial charge on any atom is 0.416 e. The maximum atomic E-state index is 12.7. The third kappa shape index (κ3) is 5.56. The molecule has 36 heavy (non-hydrogen) atoms. The third-order valence-corrected chi connectivity index (χ3v) is 5.96. The summed E-state index contributed by atoms with van der Waals surface area (Å²) in [5.41, 5.74) is -0.624. The number of anilines is 4. The first-order valence-electron chi connectivity index (χ1n) is 11.0. The van der Waals surface area contributed by atoms with Gasteiger partial charge < -0.3 is 24.7 Å². The van der Waals surface area contributed by atoms with Crippen LogP contribution in [0.15, 0.2) is 47.0 Å². The minimum Gasteiger partial charge on any atom is -0.469 e. The van der Waals surface area contributed by atoms with Crippen LogP contribution in [0.5, 0.6) is 0 Å². The number of carbonyl (C=O) groups is 2. The number of methoxy groups -OCH3 is 1. The number of amides is 1. The number of alkyl halides is 3. The molecule has 0 radical (unpaired) electrons. The number of piperidine rings is 1. The molecule has 1 aliphatic heterocycles. The summed E-state index contributed by atoms with van der Waals surface area (Å²) in [7, 11) is 1.39. The molecule has 10 nitrogen and oxygen atoms in total. The van der Waals surface area contributed by atoms with Crippen molar-refractivity contribution in [2.45, 2.75) is 25.9 Å². The van der Waals surface area contributed by atoms with Crippen molar-refractivity contribution in [2.24, 2.45) is 5.41 Å². The average Bonchev–Trinajstić information content (AvgIpc) is 3.33. The van der Waals surface area contributed by atoms with Gasteiger partial charge in [-0.25, -0.2) is 4.98 Å². The number of ether oxygens (including phenoxy) is 1. The normalized spacial score (nSPS) is 15.3. The van der Waals surface area contributed by atoms with Crippen LogP contribution in [0.3, 0.4) is 0 Å². The molecule has 2 aromatic heterocycles. The van der Waals surface area contributed by atoms with Gasteiger partial charge in [-0.05, 0) is 56.2 Å². The molecule has 0 atom stereocenters. The zero-order chi connectivity index (χ0) is 25.9. The minimum atomic E-state index is -4.44.